The number of carbonyl (C=O) groups excluding carboxylic acids is 1. The van der Waals surface area contributed by atoms with Crippen molar-refractivity contribution in [3.8, 4) is 0 Å². The van der Waals surface area contributed by atoms with Crippen molar-refractivity contribution < 1.29 is 9.53 Å². The highest BCUT2D eigenvalue weighted by atomic mass is 16.5. The SMILES string of the molecule is CCOC(=O)Nc1ccc(C2=NC(C)CN2)cc1. The molecule has 96 valence electrons. The Morgan fingerprint density at radius 1 is 1.50 bits per heavy atom. The van der Waals surface area contributed by atoms with Crippen LogP contribution in [0.4, 0.5) is 10.5 Å². The number of carbonyl (C=O) groups is 1. The quantitative estimate of drug-likeness (QED) is 0.858. The molecule has 0 aromatic heterocycles. The van der Waals surface area contributed by atoms with Gasteiger partial charge in [0.15, 0.2) is 0 Å². The van der Waals surface area contributed by atoms with Crippen LogP contribution in [0, 0.1) is 0 Å². The highest BCUT2D eigenvalue weighted by Gasteiger charge is 2.13. The van der Waals surface area contributed by atoms with Crippen LogP contribution in [0.15, 0.2) is 29.3 Å². The van der Waals surface area contributed by atoms with Gasteiger partial charge in [-0.3, -0.25) is 10.3 Å². The van der Waals surface area contributed by atoms with E-state index < -0.39 is 6.09 Å². The summed E-state index contributed by atoms with van der Waals surface area (Å²) in [6, 6.07) is 7.83. The van der Waals surface area contributed by atoms with Crippen LogP contribution in [0.25, 0.3) is 0 Å². The van der Waals surface area contributed by atoms with E-state index in [1.54, 1.807) is 6.92 Å². The van der Waals surface area contributed by atoms with E-state index in [0.29, 0.717) is 18.3 Å². The second-order valence-electron chi connectivity index (χ2n) is 4.13. The van der Waals surface area contributed by atoms with Crippen molar-refractivity contribution >= 4 is 17.6 Å². The van der Waals surface area contributed by atoms with Crippen molar-refractivity contribution in [3.63, 3.8) is 0 Å². The summed E-state index contributed by atoms with van der Waals surface area (Å²) in [4.78, 5) is 15.7. The largest absolute Gasteiger partial charge is 0.450 e. The number of ether oxygens (including phenoxy) is 1. The molecule has 1 aromatic carbocycles. The zero-order valence-electron chi connectivity index (χ0n) is 10.6. The number of amidine groups is 1. The fraction of sp³-hybridized carbons (Fsp3) is 0.385. The normalized spacial score (nSPS) is 17.9. The molecule has 0 saturated carbocycles. The monoisotopic (exact) mass is 247 g/mol. The summed E-state index contributed by atoms with van der Waals surface area (Å²) < 4.78 is 4.80. The van der Waals surface area contributed by atoms with E-state index in [1.165, 1.54) is 0 Å². The Bertz CT molecular complexity index is 454. The topological polar surface area (TPSA) is 62.7 Å². The fourth-order valence-corrected chi connectivity index (χ4v) is 1.73. The van der Waals surface area contributed by atoms with Crippen molar-refractivity contribution in [1.82, 2.24) is 5.32 Å². The minimum Gasteiger partial charge on any atom is -0.450 e. The van der Waals surface area contributed by atoms with Crippen LogP contribution in [0.3, 0.4) is 0 Å². The molecule has 1 aliphatic rings. The van der Waals surface area contributed by atoms with E-state index in [1.807, 2.05) is 24.3 Å². The van der Waals surface area contributed by atoms with Crippen LogP contribution >= 0.6 is 0 Å². The van der Waals surface area contributed by atoms with Gasteiger partial charge in [-0.1, -0.05) is 0 Å². The molecule has 1 aromatic rings. The Morgan fingerprint density at radius 3 is 2.78 bits per heavy atom. The number of benzene rings is 1. The molecular weight excluding hydrogens is 230 g/mol. The molecule has 1 heterocycles. The average Bonchev–Trinajstić information content (AvgIpc) is 2.77. The van der Waals surface area contributed by atoms with Gasteiger partial charge in [-0.05, 0) is 38.1 Å². The molecule has 18 heavy (non-hydrogen) atoms. The van der Waals surface area contributed by atoms with Crippen molar-refractivity contribution in [1.29, 1.82) is 0 Å². The summed E-state index contributed by atoms with van der Waals surface area (Å²) in [5, 5.41) is 5.89. The maximum Gasteiger partial charge on any atom is 0.411 e. The number of nitrogens with one attached hydrogen (secondary N) is 2. The van der Waals surface area contributed by atoms with Gasteiger partial charge in [0.05, 0.1) is 12.6 Å². The smallest absolute Gasteiger partial charge is 0.411 e. The van der Waals surface area contributed by atoms with Crippen LogP contribution in [-0.4, -0.2) is 31.1 Å². The minimum absolute atomic E-state index is 0.317. The lowest BCUT2D eigenvalue weighted by Gasteiger charge is -2.06. The number of aliphatic imine (C=N–C) groups is 1. The van der Waals surface area contributed by atoms with E-state index in [4.69, 9.17) is 4.74 Å². The van der Waals surface area contributed by atoms with Gasteiger partial charge in [-0.25, -0.2) is 4.79 Å². The molecule has 0 spiro atoms. The third-order valence-corrected chi connectivity index (χ3v) is 2.59. The molecule has 1 atom stereocenters. The highest BCUT2D eigenvalue weighted by Crippen LogP contribution is 2.12. The lowest BCUT2D eigenvalue weighted by molar-refractivity contribution is 0.168. The number of amides is 1. The number of anilines is 1. The maximum atomic E-state index is 11.2. The third-order valence-electron chi connectivity index (χ3n) is 2.59. The van der Waals surface area contributed by atoms with E-state index in [0.717, 1.165) is 17.9 Å². The van der Waals surface area contributed by atoms with Gasteiger partial charge in [0, 0.05) is 17.8 Å². The lowest BCUT2D eigenvalue weighted by Crippen LogP contribution is -2.21. The second kappa shape index (κ2) is 5.53. The summed E-state index contributed by atoms with van der Waals surface area (Å²) in [6.07, 6.45) is -0.435. The first-order valence-electron chi connectivity index (χ1n) is 6.05. The standard InChI is InChI=1S/C13H17N3O2/c1-3-18-13(17)16-11-6-4-10(5-7-11)12-14-8-9(2)15-12/h4-7,9H,3,8H2,1-2H3,(H,14,15)(H,16,17). The van der Waals surface area contributed by atoms with Crippen molar-refractivity contribution in [2.24, 2.45) is 4.99 Å². The van der Waals surface area contributed by atoms with Crippen LogP contribution in [-0.2, 0) is 4.74 Å². The number of rotatable bonds is 3. The molecule has 0 fully saturated rings. The molecule has 0 bridgehead atoms. The molecule has 2 N–H and O–H groups in total. The van der Waals surface area contributed by atoms with E-state index in [2.05, 4.69) is 22.5 Å². The molecule has 5 heteroatoms. The summed E-state index contributed by atoms with van der Waals surface area (Å²) in [7, 11) is 0. The maximum absolute atomic E-state index is 11.2. The van der Waals surface area contributed by atoms with Gasteiger partial charge in [-0.15, -0.1) is 0 Å². The molecule has 1 amide bonds. The van der Waals surface area contributed by atoms with Crippen LogP contribution in [0.5, 0.6) is 0 Å². The summed E-state index contributed by atoms with van der Waals surface area (Å²) in [5.74, 6) is 0.908. The zero-order valence-corrected chi connectivity index (χ0v) is 10.6. The fourth-order valence-electron chi connectivity index (χ4n) is 1.73. The molecular formula is C13H17N3O2. The van der Waals surface area contributed by atoms with Crippen molar-refractivity contribution in [2.45, 2.75) is 19.9 Å². The molecule has 1 aliphatic heterocycles. The van der Waals surface area contributed by atoms with Crippen molar-refractivity contribution in [2.75, 3.05) is 18.5 Å². The van der Waals surface area contributed by atoms with Crippen molar-refractivity contribution in [3.05, 3.63) is 29.8 Å². The van der Waals surface area contributed by atoms with Gasteiger partial charge >= 0.3 is 6.09 Å². The van der Waals surface area contributed by atoms with Gasteiger partial charge in [0.25, 0.3) is 0 Å². The van der Waals surface area contributed by atoms with Crippen LogP contribution < -0.4 is 10.6 Å². The minimum atomic E-state index is -0.435. The first kappa shape index (κ1) is 12.4. The molecule has 1 unspecified atom stereocenters. The van der Waals surface area contributed by atoms with E-state index in [-0.39, 0.29) is 0 Å². The molecule has 2 rings (SSSR count). The molecule has 0 saturated heterocycles. The number of hydrogen-bond acceptors (Lipinski definition) is 4. The Morgan fingerprint density at radius 2 is 2.22 bits per heavy atom. The Balaban J connectivity index is 2.02. The van der Waals surface area contributed by atoms with Gasteiger partial charge < -0.3 is 10.1 Å². The lowest BCUT2D eigenvalue weighted by atomic mass is 10.2. The van der Waals surface area contributed by atoms with Gasteiger partial charge in [0.1, 0.15) is 5.84 Å². The first-order valence-corrected chi connectivity index (χ1v) is 6.05. The predicted octanol–water partition coefficient (Wildman–Crippen LogP) is 1.99. The first-order chi connectivity index (χ1) is 8.69. The predicted molar refractivity (Wildman–Crippen MR) is 71.1 cm³/mol. The summed E-state index contributed by atoms with van der Waals surface area (Å²) >= 11 is 0. The number of nitrogens with zero attached hydrogens (tertiary/aromatic N) is 1. The summed E-state index contributed by atoms with van der Waals surface area (Å²) in [6.45, 7) is 5.07. The third kappa shape index (κ3) is 3.00. The van der Waals surface area contributed by atoms with Gasteiger partial charge in [-0.2, -0.15) is 0 Å². The van der Waals surface area contributed by atoms with E-state index in [9.17, 15) is 4.79 Å². The molecule has 0 aliphatic carbocycles. The van der Waals surface area contributed by atoms with E-state index >= 15 is 0 Å². The highest BCUT2D eigenvalue weighted by molar-refractivity contribution is 6.00. The molecule has 5 nitrogen and oxygen atoms in total. The van der Waals surface area contributed by atoms with Crippen LogP contribution in [0.2, 0.25) is 0 Å². The zero-order chi connectivity index (χ0) is 13.0. The Kier molecular flexibility index (Phi) is 3.82. The Labute approximate surface area is 106 Å². The van der Waals surface area contributed by atoms with Gasteiger partial charge in [0.2, 0.25) is 0 Å². The second-order valence-corrected chi connectivity index (χ2v) is 4.13. The summed E-state index contributed by atoms with van der Waals surface area (Å²) in [5.41, 5.74) is 1.73. The average molecular weight is 247 g/mol. The Hall–Kier alpha value is -2.04. The van der Waals surface area contributed by atoms with Crippen LogP contribution in [0.1, 0.15) is 19.4 Å². The number of hydrogen-bond donors (Lipinski definition) is 2. The molecule has 0 radical (unpaired) electrons.